The summed E-state index contributed by atoms with van der Waals surface area (Å²) >= 11 is 2.14. The van der Waals surface area contributed by atoms with Crippen LogP contribution < -0.4 is 17.2 Å². The summed E-state index contributed by atoms with van der Waals surface area (Å²) in [6.45, 7) is 2.95. The second kappa shape index (κ2) is 22.7. The number of carbonyl (C=O) groups is 3. The molecule has 1 amide bonds. The molecule has 13 nitrogen and oxygen atoms in total. The summed E-state index contributed by atoms with van der Waals surface area (Å²) in [6, 6.07) is 16.2. The number of amides is 1. The molecule has 0 fully saturated rings. The van der Waals surface area contributed by atoms with Crippen molar-refractivity contribution in [3.8, 4) is 23.8 Å². The Hall–Kier alpha value is -5.41. The molecular weight excluding hydrogens is 849 g/mol. The molecule has 296 valence electrons. The number of nitrogens with two attached hydrogens (primary N) is 3. The van der Waals surface area contributed by atoms with Gasteiger partial charge in [-0.15, -0.1) is 18.8 Å². The number of aryl methyl sites for hydroxylation is 2. The van der Waals surface area contributed by atoms with Crippen molar-refractivity contribution in [2.75, 3.05) is 27.4 Å². The molecule has 0 radical (unpaired) electrons. The molecular formula is C38H46ClF2IN8O5. The fourth-order valence-electron chi connectivity index (χ4n) is 5.12. The number of aromatic nitrogens is 2. The molecule has 2 aromatic carbocycles. The van der Waals surface area contributed by atoms with Crippen molar-refractivity contribution in [2.45, 2.75) is 45.3 Å². The average Bonchev–Trinajstić information content (AvgIpc) is 3.81. The molecule has 0 saturated carbocycles. The van der Waals surface area contributed by atoms with Gasteiger partial charge in [-0.2, -0.15) is 0 Å². The van der Waals surface area contributed by atoms with E-state index in [-0.39, 0.29) is 60.5 Å². The van der Waals surface area contributed by atoms with Gasteiger partial charge >= 0.3 is 0 Å². The van der Waals surface area contributed by atoms with E-state index < -0.39 is 18.1 Å². The van der Waals surface area contributed by atoms with Crippen molar-refractivity contribution in [1.29, 1.82) is 0 Å². The zero-order valence-electron chi connectivity index (χ0n) is 30.9. The molecule has 3 heterocycles. The van der Waals surface area contributed by atoms with E-state index in [1.807, 2.05) is 16.8 Å². The molecule has 55 heavy (non-hydrogen) atoms. The van der Waals surface area contributed by atoms with Gasteiger partial charge in [0.1, 0.15) is 11.5 Å². The number of Topliss-reactive ketones (excluding diaryl/α,β-unsaturated/α-hetero) is 2. The summed E-state index contributed by atoms with van der Waals surface area (Å²) in [6.07, 6.45) is 9.26. The Kier molecular flexibility index (Phi) is 19.7. The van der Waals surface area contributed by atoms with Crippen molar-refractivity contribution in [2.24, 2.45) is 27.2 Å². The first-order chi connectivity index (χ1) is 25.5. The van der Waals surface area contributed by atoms with E-state index in [2.05, 4.69) is 38.5 Å². The second-order valence-electron chi connectivity index (χ2n) is 11.7. The Labute approximate surface area is 338 Å². The number of rotatable bonds is 10. The Morgan fingerprint density at radius 3 is 1.84 bits per heavy atom. The van der Waals surface area contributed by atoms with Crippen molar-refractivity contribution in [3.63, 3.8) is 0 Å². The molecule has 0 bridgehead atoms. The van der Waals surface area contributed by atoms with Crippen LogP contribution in [-0.4, -0.2) is 81.1 Å². The number of phenolic OH excluding ortho intramolecular Hbond substituents is 2. The number of nitrogens with zero attached hydrogens (tertiary/aromatic N) is 5. The highest BCUT2D eigenvalue weighted by atomic mass is 127. The number of hydrogen-bond donors (Lipinski definition) is 5. The third-order valence-corrected chi connectivity index (χ3v) is 8.33. The lowest BCUT2D eigenvalue weighted by Crippen LogP contribution is -2.41. The van der Waals surface area contributed by atoms with Crippen LogP contribution in [-0.2, 0) is 23.4 Å². The second-order valence-corrected chi connectivity index (χ2v) is 12.9. The van der Waals surface area contributed by atoms with Gasteiger partial charge in [0.25, 0.3) is 5.91 Å². The maximum Gasteiger partial charge on any atom is 0.266 e. The van der Waals surface area contributed by atoms with E-state index >= 15 is 0 Å². The van der Waals surface area contributed by atoms with Crippen LogP contribution in [0.25, 0.3) is 0 Å². The van der Waals surface area contributed by atoms with Crippen LogP contribution in [0.2, 0.25) is 0 Å². The first-order valence-corrected chi connectivity index (χ1v) is 17.5. The Morgan fingerprint density at radius 2 is 1.42 bits per heavy atom. The fraction of sp³-hybridized carbons (Fsp3) is 0.289. The number of benzene rings is 2. The average molecular weight is 895 g/mol. The van der Waals surface area contributed by atoms with Crippen molar-refractivity contribution in [3.05, 3.63) is 105 Å². The summed E-state index contributed by atoms with van der Waals surface area (Å²) in [7, 11) is 3.05. The summed E-state index contributed by atoms with van der Waals surface area (Å²) in [5.74, 6) is 2.18. The van der Waals surface area contributed by atoms with Gasteiger partial charge in [-0.3, -0.25) is 33.1 Å². The summed E-state index contributed by atoms with van der Waals surface area (Å²) in [5, 5.41) is 18.8. The molecule has 1 aliphatic rings. The number of ketones is 2. The number of guanidine groups is 2. The third-order valence-electron chi connectivity index (χ3n) is 7.74. The van der Waals surface area contributed by atoms with Crippen LogP contribution >= 0.6 is 35.0 Å². The lowest BCUT2D eigenvalue weighted by Gasteiger charge is -2.24. The normalized spacial score (nSPS) is 14.0. The first-order valence-electron chi connectivity index (χ1n) is 16.4. The van der Waals surface area contributed by atoms with E-state index in [1.54, 1.807) is 53.2 Å². The minimum atomic E-state index is -1.51. The number of alkyl halides is 2. The maximum atomic E-state index is 13.1. The molecule has 1 atom stereocenters. The van der Waals surface area contributed by atoms with Crippen molar-refractivity contribution in [1.82, 2.24) is 14.0 Å². The molecule has 4 aromatic rings. The van der Waals surface area contributed by atoms with Crippen LogP contribution in [0.4, 0.5) is 8.78 Å². The lowest BCUT2D eigenvalue weighted by molar-refractivity contribution is -0.129. The van der Waals surface area contributed by atoms with Gasteiger partial charge in [0.2, 0.25) is 0 Å². The Balaban J connectivity index is 0.000000446. The molecule has 0 spiro atoms. The topological polar surface area (TPSA) is 208 Å². The van der Waals surface area contributed by atoms with Crippen LogP contribution in [0.15, 0.2) is 83.0 Å². The summed E-state index contributed by atoms with van der Waals surface area (Å²) in [4.78, 5) is 45.3. The van der Waals surface area contributed by atoms with E-state index in [0.717, 1.165) is 3.57 Å². The zero-order valence-corrected chi connectivity index (χ0v) is 33.9. The minimum absolute atomic E-state index is 0. The smallest absolute Gasteiger partial charge is 0.266 e. The van der Waals surface area contributed by atoms with Gasteiger partial charge in [0, 0.05) is 68.1 Å². The lowest BCUT2D eigenvalue weighted by atomic mass is 9.84. The number of halogens is 4. The maximum absolute atomic E-state index is 13.1. The van der Waals surface area contributed by atoms with E-state index in [1.165, 1.54) is 45.0 Å². The number of aromatic hydroxyl groups is 2. The standard InChI is InChI=1S/C19H21FN4O3.C9H11FINO.C8H6O.C2H7N3.ClH/c1-12(25)16-10-14(11-24(16)8-4-7-20)19(13-5-3-6-15(26)9-13)17(27)23(2)18(21)22-19;1-7(13)9-5-8(11)6-12(9)4-2-3-10;1-2-7-4-3-5-8(9)6-7;1-5-2(3)4;/h3,5-6,9-11,26H,4,7-8H2,1-2H3,(H2,21,22);5-6H,2-4H2,1H3;1,3-6,9H;1H3,(H4,3,4,5);1H. The highest BCUT2D eigenvalue weighted by Gasteiger charge is 2.50. The quantitative estimate of drug-likeness (QED) is 0.0474. The molecule has 1 aliphatic heterocycles. The van der Waals surface area contributed by atoms with E-state index in [0.29, 0.717) is 47.6 Å². The minimum Gasteiger partial charge on any atom is -0.508 e. The number of terminal acetylenes is 1. The molecule has 5 rings (SSSR count). The Morgan fingerprint density at radius 1 is 0.909 bits per heavy atom. The SMILES string of the molecule is C#Cc1cccc(O)c1.CC(=O)c1cc(C2(c3cccc(O)c3)N=C(N)N(C)C2=O)cn1CCCF.CC(=O)c1cc(I)cn1CCCF.CN=C(N)N.Cl. The van der Waals surface area contributed by atoms with Crippen LogP contribution in [0, 0.1) is 15.9 Å². The largest absolute Gasteiger partial charge is 0.508 e. The fourth-order valence-corrected chi connectivity index (χ4v) is 5.75. The third kappa shape index (κ3) is 13.1. The number of aliphatic imine (C=N–C) groups is 2. The molecule has 2 aromatic heterocycles. The van der Waals surface area contributed by atoms with Gasteiger partial charge in [0.05, 0.1) is 24.7 Å². The van der Waals surface area contributed by atoms with Crippen LogP contribution in [0.3, 0.4) is 0 Å². The number of hydrogen-bond acceptors (Lipinski definition) is 8. The Bertz CT molecular complexity index is 2020. The predicted molar refractivity (Wildman–Crippen MR) is 221 cm³/mol. The van der Waals surface area contributed by atoms with Gasteiger partial charge < -0.3 is 36.5 Å². The van der Waals surface area contributed by atoms with E-state index in [9.17, 15) is 28.3 Å². The summed E-state index contributed by atoms with van der Waals surface area (Å²) < 4.78 is 29.0. The first kappa shape index (κ1) is 47.6. The van der Waals surface area contributed by atoms with Crippen molar-refractivity contribution >= 4 is 64.4 Å². The van der Waals surface area contributed by atoms with E-state index in [4.69, 9.17) is 28.7 Å². The van der Waals surface area contributed by atoms with Crippen LogP contribution in [0.1, 0.15) is 64.4 Å². The van der Waals surface area contributed by atoms with Gasteiger partial charge in [0.15, 0.2) is 29.0 Å². The van der Waals surface area contributed by atoms with Gasteiger partial charge in [-0.1, -0.05) is 24.1 Å². The predicted octanol–water partition coefficient (Wildman–Crippen LogP) is 5.13. The molecule has 8 N–H and O–H groups in total. The van der Waals surface area contributed by atoms with Crippen molar-refractivity contribution < 1.29 is 33.4 Å². The van der Waals surface area contributed by atoms with Gasteiger partial charge in [-0.05, 0) is 83.5 Å². The number of phenols is 2. The molecule has 17 heteroatoms. The summed E-state index contributed by atoms with van der Waals surface area (Å²) in [5.41, 5.74) is 16.6. The van der Waals surface area contributed by atoms with Gasteiger partial charge in [-0.25, -0.2) is 4.99 Å². The molecule has 1 unspecified atom stereocenters. The highest BCUT2D eigenvalue weighted by molar-refractivity contribution is 14.1. The molecule has 0 aliphatic carbocycles. The monoisotopic (exact) mass is 894 g/mol. The number of likely N-dealkylation sites (N-methyl/N-ethyl adjacent to an activating group) is 1. The van der Waals surface area contributed by atoms with Crippen LogP contribution in [0.5, 0.6) is 11.5 Å². The zero-order chi connectivity index (χ0) is 40.6. The molecule has 0 saturated heterocycles. The highest BCUT2D eigenvalue weighted by Crippen LogP contribution is 2.41. The number of carbonyl (C=O) groups excluding carboxylic acids is 3.